The van der Waals surface area contributed by atoms with Gasteiger partial charge in [-0.15, -0.1) is 0 Å². The summed E-state index contributed by atoms with van der Waals surface area (Å²) >= 11 is 3.33. The number of methoxy groups -OCH3 is 3. The monoisotopic (exact) mass is 290 g/mol. The number of rotatable bonds is 6. The van der Waals surface area contributed by atoms with Gasteiger partial charge in [-0.25, -0.2) is 0 Å². The molecule has 1 aromatic carbocycles. The maximum Gasteiger partial charge on any atom is 0.204 e. The van der Waals surface area contributed by atoms with Crippen LogP contribution in [0.1, 0.15) is 0 Å². The molecule has 4 nitrogen and oxygen atoms in total. The van der Waals surface area contributed by atoms with Gasteiger partial charge in [-0.05, 0) is 40.2 Å². The fourth-order valence-corrected chi connectivity index (χ4v) is 1.80. The zero-order valence-corrected chi connectivity index (χ0v) is 11.1. The van der Waals surface area contributed by atoms with Crippen LogP contribution in [0.2, 0.25) is 0 Å². The van der Waals surface area contributed by atoms with Crippen molar-refractivity contribution in [2.24, 2.45) is 0 Å². The largest absolute Gasteiger partial charge is 0.497 e. The van der Waals surface area contributed by atoms with E-state index in [4.69, 9.17) is 18.9 Å². The van der Waals surface area contributed by atoms with Gasteiger partial charge in [0.15, 0.2) is 0 Å². The van der Waals surface area contributed by atoms with Crippen LogP contribution in [0.15, 0.2) is 24.3 Å². The molecule has 0 amide bonds. The number of hydrogen-bond acceptors (Lipinski definition) is 4. The van der Waals surface area contributed by atoms with E-state index in [-0.39, 0.29) is 5.01 Å². The number of alkyl halides is 1. The number of benzene rings is 1. The van der Waals surface area contributed by atoms with E-state index in [1.165, 1.54) is 0 Å². The van der Waals surface area contributed by atoms with Crippen molar-refractivity contribution in [2.75, 3.05) is 21.3 Å². The van der Waals surface area contributed by atoms with Crippen LogP contribution in [0.25, 0.3) is 0 Å². The van der Waals surface area contributed by atoms with Crippen LogP contribution >= 0.6 is 15.9 Å². The molecule has 0 heterocycles. The van der Waals surface area contributed by atoms with E-state index in [2.05, 4.69) is 15.9 Å². The van der Waals surface area contributed by atoms with E-state index < -0.39 is 6.29 Å². The number of hydrogen-bond donors (Lipinski definition) is 0. The number of halogens is 1. The summed E-state index contributed by atoms with van der Waals surface area (Å²) in [5.74, 6) is 1.50. The molecule has 0 aromatic heterocycles. The Morgan fingerprint density at radius 3 is 1.88 bits per heavy atom. The summed E-state index contributed by atoms with van der Waals surface area (Å²) in [5, 5.41) is -0.365. The van der Waals surface area contributed by atoms with Crippen molar-refractivity contribution in [1.82, 2.24) is 0 Å². The summed E-state index contributed by atoms with van der Waals surface area (Å²) in [6.45, 7) is 0. The fraction of sp³-hybridized carbons (Fsp3) is 0.455. The van der Waals surface area contributed by atoms with E-state index in [1.807, 2.05) is 24.3 Å². The van der Waals surface area contributed by atoms with Crippen LogP contribution in [-0.2, 0) is 9.47 Å². The highest BCUT2D eigenvalue weighted by molar-refractivity contribution is 9.09. The Kier molecular flexibility index (Phi) is 5.59. The van der Waals surface area contributed by atoms with Gasteiger partial charge in [0.25, 0.3) is 0 Å². The van der Waals surface area contributed by atoms with Gasteiger partial charge >= 0.3 is 0 Å². The molecule has 0 aliphatic heterocycles. The third kappa shape index (κ3) is 3.66. The lowest BCUT2D eigenvalue weighted by Gasteiger charge is -2.20. The first kappa shape index (κ1) is 13.3. The first-order valence-electron chi connectivity index (χ1n) is 4.71. The molecule has 0 bridgehead atoms. The van der Waals surface area contributed by atoms with E-state index in [1.54, 1.807) is 21.3 Å². The van der Waals surface area contributed by atoms with Crippen LogP contribution in [-0.4, -0.2) is 32.6 Å². The van der Waals surface area contributed by atoms with Crippen molar-refractivity contribution < 1.29 is 18.9 Å². The standard InChI is InChI=1S/C11H15BrO4/c1-13-8-4-6-9(7-5-8)16-10(12)11(14-2)15-3/h4-7,10-11H,1-3H3. The van der Waals surface area contributed by atoms with Crippen LogP contribution in [0.4, 0.5) is 0 Å². The van der Waals surface area contributed by atoms with Gasteiger partial charge in [-0.3, -0.25) is 0 Å². The molecule has 0 saturated heterocycles. The fourth-order valence-electron chi connectivity index (χ4n) is 1.15. The Labute approximate surface area is 104 Å². The lowest BCUT2D eigenvalue weighted by molar-refractivity contribution is -0.130. The third-order valence-electron chi connectivity index (χ3n) is 1.99. The summed E-state index contributed by atoms with van der Waals surface area (Å²) in [7, 11) is 4.73. The van der Waals surface area contributed by atoms with Gasteiger partial charge in [0, 0.05) is 14.2 Å². The first-order chi connectivity index (χ1) is 7.71. The van der Waals surface area contributed by atoms with Crippen molar-refractivity contribution in [3.8, 4) is 11.5 Å². The van der Waals surface area contributed by atoms with Crippen molar-refractivity contribution >= 4 is 15.9 Å². The maximum absolute atomic E-state index is 5.57. The molecular weight excluding hydrogens is 276 g/mol. The predicted molar refractivity (Wildman–Crippen MR) is 64.1 cm³/mol. The minimum absolute atomic E-state index is 0.365. The molecule has 0 aliphatic carbocycles. The van der Waals surface area contributed by atoms with Gasteiger partial charge in [-0.1, -0.05) is 0 Å². The Morgan fingerprint density at radius 2 is 1.44 bits per heavy atom. The zero-order valence-electron chi connectivity index (χ0n) is 9.48. The van der Waals surface area contributed by atoms with Crippen LogP contribution in [0, 0.1) is 0 Å². The quantitative estimate of drug-likeness (QED) is 0.596. The molecule has 90 valence electrons. The van der Waals surface area contributed by atoms with E-state index in [9.17, 15) is 0 Å². The molecule has 0 N–H and O–H groups in total. The van der Waals surface area contributed by atoms with Crippen molar-refractivity contribution in [1.29, 1.82) is 0 Å². The molecule has 0 spiro atoms. The van der Waals surface area contributed by atoms with Gasteiger partial charge in [0.2, 0.25) is 11.3 Å². The normalized spacial score (nSPS) is 12.6. The smallest absolute Gasteiger partial charge is 0.204 e. The number of ether oxygens (including phenoxy) is 4. The van der Waals surface area contributed by atoms with E-state index >= 15 is 0 Å². The lowest BCUT2D eigenvalue weighted by atomic mass is 10.3. The Bertz CT molecular complexity index is 297. The average molecular weight is 291 g/mol. The first-order valence-corrected chi connectivity index (χ1v) is 5.63. The molecular formula is C11H15BrO4. The molecule has 0 aliphatic rings. The Morgan fingerprint density at radius 1 is 0.938 bits per heavy atom. The van der Waals surface area contributed by atoms with E-state index in [0.29, 0.717) is 5.75 Å². The van der Waals surface area contributed by atoms with Gasteiger partial charge < -0.3 is 18.9 Å². The summed E-state index contributed by atoms with van der Waals surface area (Å²) in [4.78, 5) is 0. The summed E-state index contributed by atoms with van der Waals surface area (Å²) in [6, 6.07) is 7.28. The van der Waals surface area contributed by atoms with Crippen molar-refractivity contribution in [3.63, 3.8) is 0 Å². The van der Waals surface area contributed by atoms with Crippen LogP contribution in [0.5, 0.6) is 11.5 Å². The summed E-state index contributed by atoms with van der Waals surface area (Å²) < 4.78 is 20.7. The highest BCUT2D eigenvalue weighted by atomic mass is 79.9. The lowest BCUT2D eigenvalue weighted by Crippen LogP contribution is -2.29. The molecule has 1 atom stereocenters. The third-order valence-corrected chi connectivity index (χ3v) is 2.61. The van der Waals surface area contributed by atoms with E-state index in [0.717, 1.165) is 5.75 Å². The van der Waals surface area contributed by atoms with Gasteiger partial charge in [-0.2, -0.15) is 0 Å². The van der Waals surface area contributed by atoms with Crippen molar-refractivity contribution in [3.05, 3.63) is 24.3 Å². The molecule has 0 fully saturated rings. The molecule has 1 unspecified atom stereocenters. The SMILES string of the molecule is COc1ccc(OC(Br)C(OC)OC)cc1. The average Bonchev–Trinajstić information content (AvgIpc) is 2.31. The van der Waals surface area contributed by atoms with Crippen LogP contribution < -0.4 is 9.47 Å². The Hall–Kier alpha value is -0.780. The maximum atomic E-state index is 5.57. The second-order valence-corrected chi connectivity index (χ2v) is 3.89. The molecule has 5 heteroatoms. The van der Waals surface area contributed by atoms with Crippen LogP contribution in [0.3, 0.4) is 0 Å². The molecule has 1 aromatic rings. The molecule has 0 radical (unpaired) electrons. The minimum atomic E-state index is -0.456. The van der Waals surface area contributed by atoms with Gasteiger partial charge in [0.05, 0.1) is 7.11 Å². The van der Waals surface area contributed by atoms with Gasteiger partial charge in [0.1, 0.15) is 11.5 Å². The van der Waals surface area contributed by atoms with Crippen molar-refractivity contribution in [2.45, 2.75) is 11.3 Å². The molecule has 16 heavy (non-hydrogen) atoms. The second-order valence-electron chi connectivity index (χ2n) is 2.98. The zero-order chi connectivity index (χ0) is 12.0. The minimum Gasteiger partial charge on any atom is -0.497 e. The second kappa shape index (κ2) is 6.73. The highest BCUT2D eigenvalue weighted by Gasteiger charge is 2.19. The Balaban J connectivity index is 2.58. The highest BCUT2D eigenvalue weighted by Crippen LogP contribution is 2.21. The summed E-state index contributed by atoms with van der Waals surface area (Å²) in [5.41, 5.74) is 0. The molecule has 0 saturated carbocycles. The predicted octanol–water partition coefficient (Wildman–Crippen LogP) is 2.41. The molecule has 1 rings (SSSR count). The topological polar surface area (TPSA) is 36.9 Å². The summed E-state index contributed by atoms with van der Waals surface area (Å²) in [6.07, 6.45) is -0.456.